The number of anilines is 2. The van der Waals surface area contributed by atoms with E-state index in [0.29, 0.717) is 35.2 Å². The second kappa shape index (κ2) is 17.1. The molecule has 4 rings (SSSR count). The van der Waals surface area contributed by atoms with Crippen LogP contribution < -0.4 is 15.4 Å². The van der Waals surface area contributed by atoms with Crippen LogP contribution in [-0.4, -0.2) is 89.5 Å². The van der Waals surface area contributed by atoms with Gasteiger partial charge in [0.25, 0.3) is 5.91 Å². The summed E-state index contributed by atoms with van der Waals surface area (Å²) in [6.07, 6.45) is 1.97. The zero-order chi connectivity index (χ0) is 34.8. The number of amides is 4. The number of hydrogen-bond donors (Lipinski definition) is 3. The quantitative estimate of drug-likeness (QED) is 0.289. The van der Waals surface area contributed by atoms with Crippen molar-refractivity contribution < 1.29 is 33.5 Å². The number of aliphatic hydroxyl groups is 1. The van der Waals surface area contributed by atoms with Crippen LogP contribution in [0.5, 0.6) is 5.75 Å². The van der Waals surface area contributed by atoms with E-state index in [0.717, 1.165) is 24.8 Å². The van der Waals surface area contributed by atoms with Crippen molar-refractivity contribution in [1.29, 1.82) is 0 Å². The van der Waals surface area contributed by atoms with Gasteiger partial charge in [-0.2, -0.15) is 0 Å². The van der Waals surface area contributed by atoms with Crippen molar-refractivity contribution in [3.8, 4) is 5.75 Å². The van der Waals surface area contributed by atoms with Crippen molar-refractivity contribution in [2.24, 2.45) is 5.92 Å². The molecule has 260 valence electrons. The molecule has 1 aromatic heterocycles. The Labute approximate surface area is 282 Å². The fourth-order valence-corrected chi connectivity index (χ4v) is 5.67. The summed E-state index contributed by atoms with van der Waals surface area (Å²) in [5, 5.41) is 19.9. The molecular formula is C36H49N5O7. The summed E-state index contributed by atoms with van der Waals surface area (Å²) in [5.41, 5.74) is 2.75. The average Bonchev–Trinajstić information content (AvgIpc) is 3.38. The number of benzene rings is 2. The number of carbonyl (C=O) groups excluding carboxylic acids is 3. The molecule has 1 aliphatic rings. The van der Waals surface area contributed by atoms with E-state index in [1.165, 1.54) is 0 Å². The summed E-state index contributed by atoms with van der Waals surface area (Å²) in [4.78, 5) is 43.6. The largest absolute Gasteiger partial charge is 0.490 e. The van der Waals surface area contributed by atoms with Crippen LogP contribution in [0, 0.1) is 19.8 Å². The number of urea groups is 1. The van der Waals surface area contributed by atoms with Gasteiger partial charge >= 0.3 is 6.03 Å². The Morgan fingerprint density at radius 3 is 2.54 bits per heavy atom. The first-order chi connectivity index (χ1) is 23.0. The lowest BCUT2D eigenvalue weighted by Gasteiger charge is -2.35. The molecule has 0 radical (unpaired) electrons. The molecule has 0 aliphatic carbocycles. The number of rotatable bonds is 8. The maximum Gasteiger partial charge on any atom is 0.321 e. The molecule has 0 saturated heterocycles. The Balaban J connectivity index is 1.58. The topological polar surface area (TPSA) is 146 Å². The Morgan fingerprint density at radius 2 is 1.85 bits per heavy atom. The Morgan fingerprint density at radius 1 is 1.10 bits per heavy atom. The van der Waals surface area contributed by atoms with Crippen molar-refractivity contribution in [1.82, 2.24) is 15.0 Å². The molecule has 12 nitrogen and oxygen atoms in total. The van der Waals surface area contributed by atoms with Crippen LogP contribution >= 0.6 is 0 Å². The maximum atomic E-state index is 14.4. The highest BCUT2D eigenvalue weighted by molar-refractivity contribution is 6.00. The summed E-state index contributed by atoms with van der Waals surface area (Å²) in [5.74, 6) is 0.154. The maximum absolute atomic E-state index is 14.4. The van der Waals surface area contributed by atoms with Gasteiger partial charge in [-0.1, -0.05) is 42.4 Å². The Hall–Kier alpha value is -4.42. The van der Waals surface area contributed by atoms with E-state index < -0.39 is 12.1 Å². The van der Waals surface area contributed by atoms with Gasteiger partial charge in [0.15, 0.2) is 5.76 Å². The first kappa shape index (κ1) is 36.4. The second-order valence-electron chi connectivity index (χ2n) is 12.7. The Kier molecular flexibility index (Phi) is 13.0. The molecular weight excluding hydrogens is 614 g/mol. The third-order valence-corrected chi connectivity index (χ3v) is 8.61. The minimum absolute atomic E-state index is 0.185. The summed E-state index contributed by atoms with van der Waals surface area (Å²) in [6.45, 7) is 9.93. The molecule has 3 aromatic rings. The number of nitrogens with zero attached hydrogens (tertiary/aromatic N) is 3. The molecule has 4 atom stereocenters. The third kappa shape index (κ3) is 9.80. The van der Waals surface area contributed by atoms with E-state index in [4.69, 9.17) is 14.0 Å². The highest BCUT2D eigenvalue weighted by Crippen LogP contribution is 2.29. The number of aromatic nitrogens is 1. The first-order valence-electron chi connectivity index (χ1n) is 16.6. The number of ether oxygens (including phenoxy) is 2. The predicted octanol–water partition coefficient (Wildman–Crippen LogP) is 5.43. The van der Waals surface area contributed by atoms with Crippen molar-refractivity contribution in [3.05, 3.63) is 71.1 Å². The highest BCUT2D eigenvalue weighted by atomic mass is 16.5. The standard InChI is InChI=1S/C36H49N5O7/c1-23-20-41(24(2)22-42)35(44)30-19-29(37-33(43)18-28-13-8-7-9-14-28)15-16-31(30)47-25(3)12-10-11-17-46-32(23)21-40(6)36(45)38-34-26(4)39-48-27(34)5/h7-9,13-16,19,23-25,32,42H,10-12,17-18,20-22H2,1-6H3,(H,37,43)(H,38,45)/t23-,24+,25+,32-/m1/s1. The molecule has 1 aliphatic heterocycles. The van der Waals surface area contributed by atoms with Gasteiger partial charge in [-0.3, -0.25) is 9.59 Å². The molecule has 0 spiro atoms. The van der Waals surface area contributed by atoms with Crippen LogP contribution in [0.25, 0.3) is 0 Å². The number of fused-ring (bicyclic) bond motifs is 1. The van der Waals surface area contributed by atoms with Crippen molar-refractivity contribution in [3.63, 3.8) is 0 Å². The normalized spacial score (nSPS) is 19.8. The van der Waals surface area contributed by atoms with Crippen LogP contribution in [0.3, 0.4) is 0 Å². The minimum atomic E-state index is -0.532. The third-order valence-electron chi connectivity index (χ3n) is 8.61. The van der Waals surface area contributed by atoms with Gasteiger partial charge in [0.1, 0.15) is 17.1 Å². The average molecular weight is 664 g/mol. The van der Waals surface area contributed by atoms with Gasteiger partial charge < -0.3 is 39.5 Å². The van der Waals surface area contributed by atoms with E-state index in [-0.39, 0.29) is 61.5 Å². The van der Waals surface area contributed by atoms with Gasteiger partial charge in [-0.15, -0.1) is 0 Å². The monoisotopic (exact) mass is 663 g/mol. The number of nitrogens with one attached hydrogen (secondary N) is 2. The second-order valence-corrected chi connectivity index (χ2v) is 12.7. The lowest BCUT2D eigenvalue weighted by Crippen LogP contribution is -2.48. The molecule has 2 aromatic carbocycles. The molecule has 3 N–H and O–H groups in total. The van der Waals surface area contributed by atoms with E-state index in [9.17, 15) is 19.5 Å². The number of aryl methyl sites for hydroxylation is 2. The SMILES string of the molecule is Cc1noc(C)c1NC(=O)N(C)C[C@H]1OCCCC[C@H](C)Oc2ccc(NC(=O)Cc3ccccc3)cc2C(=O)N([C@@H](C)CO)C[C@H]1C. The molecule has 4 amide bonds. The van der Waals surface area contributed by atoms with Gasteiger partial charge in [0, 0.05) is 38.3 Å². The molecule has 0 unspecified atom stereocenters. The van der Waals surface area contributed by atoms with Crippen LogP contribution in [-0.2, 0) is 16.0 Å². The van der Waals surface area contributed by atoms with Crippen LogP contribution in [0.1, 0.15) is 67.4 Å². The number of hydrogen-bond acceptors (Lipinski definition) is 8. The predicted molar refractivity (Wildman–Crippen MR) is 183 cm³/mol. The summed E-state index contributed by atoms with van der Waals surface area (Å²) in [6, 6.07) is 13.7. The smallest absolute Gasteiger partial charge is 0.321 e. The fraction of sp³-hybridized carbons (Fsp3) is 0.500. The molecule has 2 heterocycles. The van der Waals surface area contributed by atoms with Gasteiger partial charge in [0.2, 0.25) is 5.91 Å². The van der Waals surface area contributed by atoms with E-state index >= 15 is 0 Å². The lowest BCUT2D eigenvalue weighted by atomic mass is 10.0. The minimum Gasteiger partial charge on any atom is -0.490 e. The van der Waals surface area contributed by atoms with E-state index in [1.54, 1.807) is 55.8 Å². The van der Waals surface area contributed by atoms with E-state index in [1.807, 2.05) is 44.2 Å². The number of aliphatic hydroxyl groups excluding tert-OH is 1. The fourth-order valence-electron chi connectivity index (χ4n) is 5.67. The van der Waals surface area contributed by atoms with Crippen molar-refractivity contribution >= 4 is 29.2 Å². The first-order valence-corrected chi connectivity index (χ1v) is 16.6. The summed E-state index contributed by atoms with van der Waals surface area (Å²) in [7, 11) is 1.69. The van der Waals surface area contributed by atoms with Crippen LogP contribution in [0.4, 0.5) is 16.2 Å². The molecule has 0 saturated carbocycles. The molecule has 0 fully saturated rings. The zero-order valence-electron chi connectivity index (χ0n) is 28.8. The Bertz CT molecular complexity index is 1510. The molecule has 12 heteroatoms. The summed E-state index contributed by atoms with van der Waals surface area (Å²) < 4.78 is 17.8. The number of carbonyl (C=O) groups is 3. The van der Waals surface area contributed by atoms with Crippen LogP contribution in [0.2, 0.25) is 0 Å². The van der Waals surface area contributed by atoms with Crippen LogP contribution in [0.15, 0.2) is 53.1 Å². The van der Waals surface area contributed by atoms with E-state index in [2.05, 4.69) is 15.8 Å². The lowest BCUT2D eigenvalue weighted by molar-refractivity contribution is -0.115. The van der Waals surface area contributed by atoms with Crippen molar-refractivity contribution in [2.75, 3.05) is 44.0 Å². The number of likely N-dealkylation sites (N-methyl/N-ethyl adjacent to an activating group) is 1. The van der Waals surface area contributed by atoms with Gasteiger partial charge in [-0.25, -0.2) is 4.79 Å². The van der Waals surface area contributed by atoms with Gasteiger partial charge in [-0.05, 0) is 70.7 Å². The van der Waals surface area contributed by atoms with Crippen molar-refractivity contribution in [2.45, 2.75) is 78.6 Å². The highest BCUT2D eigenvalue weighted by Gasteiger charge is 2.31. The zero-order valence-corrected chi connectivity index (χ0v) is 28.8. The molecule has 0 bridgehead atoms. The molecule has 48 heavy (non-hydrogen) atoms. The summed E-state index contributed by atoms with van der Waals surface area (Å²) >= 11 is 0. The van der Waals surface area contributed by atoms with Gasteiger partial charge in [0.05, 0.1) is 36.8 Å².